The van der Waals surface area contributed by atoms with Gasteiger partial charge in [0.05, 0.1) is 11.4 Å². The fourth-order valence-electron chi connectivity index (χ4n) is 3.12. The van der Waals surface area contributed by atoms with Gasteiger partial charge < -0.3 is 10.6 Å². The van der Waals surface area contributed by atoms with Gasteiger partial charge >= 0.3 is 0 Å². The van der Waals surface area contributed by atoms with Gasteiger partial charge in [0.2, 0.25) is 0 Å². The van der Waals surface area contributed by atoms with Gasteiger partial charge in [-0.15, -0.1) is 0 Å². The molecule has 122 valence electrons. The molecule has 0 unspecified atom stereocenters. The predicted molar refractivity (Wildman–Crippen MR) is 97.4 cm³/mol. The molecule has 1 aliphatic carbocycles. The third-order valence-electron chi connectivity index (χ3n) is 4.48. The number of benzene rings is 1. The van der Waals surface area contributed by atoms with Gasteiger partial charge in [0, 0.05) is 13.1 Å². The molecule has 0 spiro atoms. The Bertz CT molecular complexity index is 757. The van der Waals surface area contributed by atoms with Crippen LogP contribution in [0.5, 0.6) is 0 Å². The van der Waals surface area contributed by atoms with E-state index in [0.29, 0.717) is 16.8 Å². The van der Waals surface area contributed by atoms with Crippen LogP contribution < -0.4 is 16.2 Å². The average molecular weight is 330 g/mol. The zero-order valence-corrected chi connectivity index (χ0v) is 14.3. The highest BCUT2D eigenvalue weighted by atomic mass is 32.1. The van der Waals surface area contributed by atoms with Gasteiger partial charge in [0.1, 0.15) is 5.69 Å². The summed E-state index contributed by atoms with van der Waals surface area (Å²) in [4.78, 5) is 12.8. The third kappa shape index (κ3) is 3.17. The second kappa shape index (κ2) is 6.58. The summed E-state index contributed by atoms with van der Waals surface area (Å²) in [5.41, 5.74) is 2.14. The fourth-order valence-corrected chi connectivity index (χ4v) is 3.39. The molecule has 23 heavy (non-hydrogen) atoms. The molecule has 0 atom stereocenters. The van der Waals surface area contributed by atoms with Gasteiger partial charge in [-0.25, -0.2) is 4.68 Å². The molecule has 1 aromatic heterocycles. The van der Waals surface area contributed by atoms with Crippen molar-refractivity contribution >= 4 is 23.0 Å². The molecule has 1 fully saturated rings. The monoisotopic (exact) mass is 330 g/mol. The Morgan fingerprint density at radius 1 is 1.22 bits per heavy atom. The number of nitrogens with one attached hydrogen (secondary N) is 2. The summed E-state index contributed by atoms with van der Waals surface area (Å²) in [5.74, 6) is 0. The van der Waals surface area contributed by atoms with Crippen LogP contribution in [0.2, 0.25) is 0 Å². The Balaban J connectivity index is 1.85. The number of hydrogen-bond acceptors (Lipinski definition) is 2. The topological polar surface area (TPSA) is 51.0 Å². The lowest BCUT2D eigenvalue weighted by molar-refractivity contribution is 0.630. The third-order valence-corrected chi connectivity index (χ3v) is 4.70. The number of nitrogens with zero attached hydrogens (tertiary/aromatic N) is 2. The van der Waals surface area contributed by atoms with Gasteiger partial charge in [-0.2, -0.15) is 0 Å². The average Bonchev–Trinajstić information content (AvgIpc) is 3.12. The van der Waals surface area contributed by atoms with Crippen molar-refractivity contribution in [2.45, 2.75) is 38.6 Å². The summed E-state index contributed by atoms with van der Waals surface area (Å²) in [7, 11) is 1.88. The first kappa shape index (κ1) is 15.8. The van der Waals surface area contributed by atoms with Gasteiger partial charge in [0.15, 0.2) is 5.11 Å². The van der Waals surface area contributed by atoms with E-state index in [9.17, 15) is 4.79 Å². The van der Waals surface area contributed by atoms with E-state index >= 15 is 0 Å². The van der Waals surface area contributed by atoms with Crippen molar-refractivity contribution in [3.05, 3.63) is 46.4 Å². The molecule has 1 saturated carbocycles. The van der Waals surface area contributed by atoms with E-state index in [2.05, 4.69) is 10.6 Å². The minimum absolute atomic E-state index is 0.0910. The first-order valence-electron chi connectivity index (χ1n) is 7.99. The molecule has 2 aromatic rings. The number of para-hydroxylation sites is 1. The van der Waals surface area contributed by atoms with Crippen LogP contribution in [0.1, 0.15) is 31.4 Å². The molecule has 5 nitrogen and oxygen atoms in total. The minimum Gasteiger partial charge on any atom is -0.360 e. The maximum Gasteiger partial charge on any atom is 0.295 e. The summed E-state index contributed by atoms with van der Waals surface area (Å²) >= 11 is 5.38. The molecule has 3 rings (SSSR count). The Morgan fingerprint density at radius 3 is 2.52 bits per heavy atom. The predicted octanol–water partition coefficient (Wildman–Crippen LogP) is 2.71. The maximum atomic E-state index is 12.8. The Hall–Kier alpha value is -2.08. The maximum absolute atomic E-state index is 12.8. The zero-order valence-electron chi connectivity index (χ0n) is 13.5. The Kier molecular flexibility index (Phi) is 4.52. The van der Waals surface area contributed by atoms with Crippen LogP contribution in [0.4, 0.5) is 5.69 Å². The summed E-state index contributed by atoms with van der Waals surface area (Å²) in [5, 5.41) is 6.95. The van der Waals surface area contributed by atoms with E-state index in [-0.39, 0.29) is 5.56 Å². The Morgan fingerprint density at radius 2 is 1.87 bits per heavy atom. The zero-order chi connectivity index (χ0) is 16.4. The standard InChI is InChI=1S/C17H22N4OS/c1-12-15(19-17(23)18-13-8-6-7-9-13)16(22)21(20(12)2)14-10-4-3-5-11-14/h3-5,10-11,13H,6-9H2,1-2H3,(H2,18,19,23). The Labute approximate surface area is 141 Å². The summed E-state index contributed by atoms with van der Waals surface area (Å²) in [6.07, 6.45) is 4.77. The van der Waals surface area contributed by atoms with E-state index in [1.54, 1.807) is 4.68 Å². The van der Waals surface area contributed by atoms with E-state index in [4.69, 9.17) is 12.2 Å². The molecule has 0 bridgehead atoms. The summed E-state index contributed by atoms with van der Waals surface area (Å²) in [6.45, 7) is 1.92. The van der Waals surface area contributed by atoms with Gasteiger partial charge in [-0.3, -0.25) is 9.48 Å². The first-order chi connectivity index (χ1) is 11.1. The number of hydrogen-bond donors (Lipinski definition) is 2. The van der Waals surface area contributed by atoms with Crippen molar-refractivity contribution in [3.63, 3.8) is 0 Å². The lowest BCUT2D eigenvalue weighted by atomic mass is 10.2. The molecule has 2 N–H and O–H groups in total. The van der Waals surface area contributed by atoms with Crippen LogP contribution in [0.3, 0.4) is 0 Å². The second-order valence-corrected chi connectivity index (χ2v) is 6.42. The number of anilines is 1. The number of thiocarbonyl (C=S) groups is 1. The van der Waals surface area contributed by atoms with Gasteiger partial charge in [-0.1, -0.05) is 31.0 Å². The van der Waals surface area contributed by atoms with Crippen molar-refractivity contribution in [1.82, 2.24) is 14.7 Å². The molecule has 1 aromatic carbocycles. The summed E-state index contributed by atoms with van der Waals surface area (Å²) < 4.78 is 3.49. The molecule has 0 radical (unpaired) electrons. The van der Waals surface area contributed by atoms with E-state index in [1.807, 2.05) is 49.0 Å². The van der Waals surface area contributed by atoms with Crippen LogP contribution in [0.15, 0.2) is 35.1 Å². The SMILES string of the molecule is Cc1c(NC(=S)NC2CCCC2)c(=O)n(-c2ccccc2)n1C. The highest BCUT2D eigenvalue weighted by Crippen LogP contribution is 2.18. The smallest absolute Gasteiger partial charge is 0.295 e. The fraction of sp³-hybridized carbons (Fsp3) is 0.412. The molecule has 1 heterocycles. The number of aromatic nitrogens is 2. The molecular formula is C17H22N4OS. The van der Waals surface area contributed by atoms with Crippen molar-refractivity contribution < 1.29 is 0 Å². The first-order valence-corrected chi connectivity index (χ1v) is 8.40. The minimum atomic E-state index is -0.0910. The lowest BCUT2D eigenvalue weighted by Gasteiger charge is -2.14. The van der Waals surface area contributed by atoms with Crippen molar-refractivity contribution in [1.29, 1.82) is 0 Å². The van der Waals surface area contributed by atoms with E-state index in [0.717, 1.165) is 24.2 Å². The highest BCUT2D eigenvalue weighted by molar-refractivity contribution is 7.80. The van der Waals surface area contributed by atoms with Gasteiger partial charge in [-0.05, 0) is 44.1 Å². The van der Waals surface area contributed by atoms with Crippen LogP contribution in [-0.4, -0.2) is 20.5 Å². The molecule has 0 aliphatic heterocycles. The van der Waals surface area contributed by atoms with E-state index < -0.39 is 0 Å². The molecule has 6 heteroatoms. The molecule has 0 saturated heterocycles. The summed E-state index contributed by atoms with van der Waals surface area (Å²) in [6, 6.07) is 10.0. The van der Waals surface area contributed by atoms with E-state index in [1.165, 1.54) is 12.8 Å². The van der Waals surface area contributed by atoms with Crippen molar-refractivity contribution in [3.8, 4) is 5.69 Å². The van der Waals surface area contributed by atoms with Crippen molar-refractivity contribution in [2.75, 3.05) is 5.32 Å². The lowest BCUT2D eigenvalue weighted by Crippen LogP contribution is -2.37. The van der Waals surface area contributed by atoms with Gasteiger partial charge in [0.25, 0.3) is 5.56 Å². The largest absolute Gasteiger partial charge is 0.360 e. The quantitative estimate of drug-likeness (QED) is 0.850. The number of rotatable bonds is 3. The van der Waals surface area contributed by atoms with Crippen LogP contribution >= 0.6 is 12.2 Å². The molecule has 0 amide bonds. The van der Waals surface area contributed by atoms with Crippen molar-refractivity contribution in [2.24, 2.45) is 7.05 Å². The van der Waals surface area contributed by atoms with Crippen LogP contribution in [0.25, 0.3) is 5.69 Å². The molecule has 1 aliphatic rings. The molecular weight excluding hydrogens is 308 g/mol. The normalized spacial score (nSPS) is 14.9. The highest BCUT2D eigenvalue weighted by Gasteiger charge is 2.19. The van der Waals surface area contributed by atoms with Crippen LogP contribution in [0, 0.1) is 6.92 Å². The van der Waals surface area contributed by atoms with Crippen LogP contribution in [-0.2, 0) is 7.05 Å². The second-order valence-electron chi connectivity index (χ2n) is 6.02.